The van der Waals surface area contributed by atoms with E-state index in [0.717, 1.165) is 16.9 Å². The van der Waals surface area contributed by atoms with Crippen LogP contribution in [0.25, 0.3) is 0 Å². The Bertz CT molecular complexity index is 573. The molecule has 0 radical (unpaired) electrons. The Morgan fingerprint density at radius 1 is 1.00 bits per heavy atom. The minimum absolute atomic E-state index is 0.247. The Hall–Kier alpha value is -2.55. The SMILES string of the molecule is C=CCOC(=O)Cc1ccc(OCc2ccccc2)cc1. The summed E-state index contributed by atoms with van der Waals surface area (Å²) in [5, 5.41) is 0. The second kappa shape index (κ2) is 7.90. The summed E-state index contributed by atoms with van der Waals surface area (Å²) < 4.78 is 10.6. The van der Waals surface area contributed by atoms with E-state index in [1.54, 1.807) is 6.08 Å². The van der Waals surface area contributed by atoms with Crippen LogP contribution in [0.15, 0.2) is 67.3 Å². The largest absolute Gasteiger partial charge is 0.489 e. The average molecular weight is 282 g/mol. The number of hydrogen-bond donors (Lipinski definition) is 0. The van der Waals surface area contributed by atoms with E-state index in [4.69, 9.17) is 9.47 Å². The molecule has 0 spiro atoms. The van der Waals surface area contributed by atoms with Crippen LogP contribution in [0.5, 0.6) is 5.75 Å². The minimum Gasteiger partial charge on any atom is -0.489 e. The molecule has 0 amide bonds. The van der Waals surface area contributed by atoms with Gasteiger partial charge >= 0.3 is 5.97 Å². The highest BCUT2D eigenvalue weighted by molar-refractivity contribution is 5.72. The maximum atomic E-state index is 11.5. The molecule has 0 heterocycles. The third kappa shape index (κ3) is 5.15. The van der Waals surface area contributed by atoms with Gasteiger partial charge in [-0.1, -0.05) is 55.1 Å². The van der Waals surface area contributed by atoms with Crippen molar-refractivity contribution >= 4 is 5.97 Å². The van der Waals surface area contributed by atoms with Crippen molar-refractivity contribution in [2.24, 2.45) is 0 Å². The lowest BCUT2D eigenvalue weighted by Crippen LogP contribution is -2.07. The molecule has 3 heteroatoms. The quantitative estimate of drug-likeness (QED) is 0.575. The normalized spacial score (nSPS) is 9.90. The van der Waals surface area contributed by atoms with Gasteiger partial charge in [0.1, 0.15) is 19.0 Å². The smallest absolute Gasteiger partial charge is 0.310 e. The zero-order valence-corrected chi connectivity index (χ0v) is 11.8. The van der Waals surface area contributed by atoms with Crippen LogP contribution >= 0.6 is 0 Å². The number of esters is 1. The van der Waals surface area contributed by atoms with Crippen molar-refractivity contribution in [1.82, 2.24) is 0 Å². The molecule has 0 aromatic heterocycles. The Morgan fingerprint density at radius 2 is 1.71 bits per heavy atom. The zero-order valence-electron chi connectivity index (χ0n) is 11.8. The van der Waals surface area contributed by atoms with Gasteiger partial charge in [-0.25, -0.2) is 0 Å². The molecule has 0 saturated heterocycles. The highest BCUT2D eigenvalue weighted by Crippen LogP contribution is 2.14. The molecule has 3 nitrogen and oxygen atoms in total. The summed E-state index contributed by atoms with van der Waals surface area (Å²) in [6, 6.07) is 17.4. The van der Waals surface area contributed by atoms with Crippen LogP contribution in [-0.4, -0.2) is 12.6 Å². The second-order valence-corrected chi connectivity index (χ2v) is 4.57. The molecule has 0 atom stereocenters. The summed E-state index contributed by atoms with van der Waals surface area (Å²) in [4.78, 5) is 11.5. The van der Waals surface area contributed by atoms with Crippen LogP contribution in [0.2, 0.25) is 0 Å². The van der Waals surface area contributed by atoms with Crippen molar-refractivity contribution in [3.8, 4) is 5.75 Å². The number of benzene rings is 2. The molecule has 2 aromatic rings. The highest BCUT2D eigenvalue weighted by Gasteiger charge is 2.04. The lowest BCUT2D eigenvalue weighted by atomic mass is 10.1. The van der Waals surface area contributed by atoms with Crippen LogP contribution in [0.3, 0.4) is 0 Å². The number of hydrogen-bond acceptors (Lipinski definition) is 3. The lowest BCUT2D eigenvalue weighted by molar-refractivity contribution is -0.141. The van der Waals surface area contributed by atoms with Crippen molar-refractivity contribution in [3.05, 3.63) is 78.4 Å². The summed E-state index contributed by atoms with van der Waals surface area (Å²) in [6.07, 6.45) is 1.81. The first-order valence-corrected chi connectivity index (χ1v) is 6.80. The highest BCUT2D eigenvalue weighted by atomic mass is 16.5. The minimum atomic E-state index is -0.257. The van der Waals surface area contributed by atoms with Gasteiger partial charge < -0.3 is 9.47 Å². The number of carbonyl (C=O) groups is 1. The summed E-state index contributed by atoms with van der Waals surface area (Å²) in [7, 11) is 0. The van der Waals surface area contributed by atoms with Crippen molar-refractivity contribution in [1.29, 1.82) is 0 Å². The van der Waals surface area contributed by atoms with Gasteiger partial charge in [-0.15, -0.1) is 0 Å². The van der Waals surface area contributed by atoms with Gasteiger partial charge in [-0.2, -0.15) is 0 Å². The van der Waals surface area contributed by atoms with Crippen molar-refractivity contribution in [2.75, 3.05) is 6.61 Å². The zero-order chi connectivity index (χ0) is 14.9. The van der Waals surface area contributed by atoms with Gasteiger partial charge in [0.25, 0.3) is 0 Å². The standard InChI is InChI=1S/C18H18O3/c1-2-12-20-18(19)13-15-8-10-17(11-9-15)21-14-16-6-4-3-5-7-16/h2-11H,1,12-14H2. The third-order valence-corrected chi connectivity index (χ3v) is 2.88. The molecule has 0 aliphatic carbocycles. The topological polar surface area (TPSA) is 35.5 Å². The summed E-state index contributed by atoms with van der Waals surface area (Å²) >= 11 is 0. The molecule has 0 unspecified atom stereocenters. The predicted octanol–water partition coefficient (Wildman–Crippen LogP) is 3.54. The maximum absolute atomic E-state index is 11.5. The predicted molar refractivity (Wildman–Crippen MR) is 82.1 cm³/mol. The first kappa shape index (κ1) is 14.9. The first-order chi connectivity index (χ1) is 10.3. The van der Waals surface area contributed by atoms with E-state index in [9.17, 15) is 4.79 Å². The van der Waals surface area contributed by atoms with Crippen molar-refractivity contribution in [2.45, 2.75) is 13.0 Å². The fourth-order valence-electron chi connectivity index (χ4n) is 1.81. The lowest BCUT2D eigenvalue weighted by Gasteiger charge is -2.07. The Balaban J connectivity index is 1.84. The Labute approximate surface area is 124 Å². The number of ether oxygens (including phenoxy) is 2. The van der Waals surface area contributed by atoms with Gasteiger partial charge in [-0.05, 0) is 23.3 Å². The molecule has 21 heavy (non-hydrogen) atoms. The summed E-state index contributed by atoms with van der Waals surface area (Å²) in [5.74, 6) is 0.523. The molecule has 2 aromatic carbocycles. The number of carbonyl (C=O) groups excluding carboxylic acids is 1. The fraction of sp³-hybridized carbons (Fsp3) is 0.167. The van der Waals surface area contributed by atoms with E-state index in [1.807, 2.05) is 54.6 Å². The molecule has 0 fully saturated rings. The fourth-order valence-corrected chi connectivity index (χ4v) is 1.81. The third-order valence-electron chi connectivity index (χ3n) is 2.88. The van der Waals surface area contributed by atoms with Gasteiger partial charge in [0, 0.05) is 0 Å². The molecule has 0 aliphatic heterocycles. The number of rotatable bonds is 7. The molecule has 108 valence electrons. The van der Waals surface area contributed by atoms with E-state index < -0.39 is 0 Å². The van der Waals surface area contributed by atoms with E-state index >= 15 is 0 Å². The van der Waals surface area contributed by atoms with E-state index in [2.05, 4.69) is 6.58 Å². The Morgan fingerprint density at radius 3 is 2.38 bits per heavy atom. The van der Waals surface area contributed by atoms with Crippen LogP contribution < -0.4 is 4.74 Å². The van der Waals surface area contributed by atoms with E-state index in [-0.39, 0.29) is 19.0 Å². The van der Waals surface area contributed by atoms with Gasteiger partial charge in [0.05, 0.1) is 6.42 Å². The molecule has 0 saturated carbocycles. The summed E-state index contributed by atoms with van der Waals surface area (Å²) in [5.41, 5.74) is 2.02. The van der Waals surface area contributed by atoms with Crippen LogP contribution in [0.1, 0.15) is 11.1 Å². The van der Waals surface area contributed by atoms with Crippen LogP contribution in [0, 0.1) is 0 Å². The average Bonchev–Trinajstić information content (AvgIpc) is 2.53. The molecular formula is C18H18O3. The van der Waals surface area contributed by atoms with Gasteiger partial charge in [0.15, 0.2) is 0 Å². The second-order valence-electron chi connectivity index (χ2n) is 4.57. The molecule has 0 N–H and O–H groups in total. The van der Waals surface area contributed by atoms with Crippen LogP contribution in [0.4, 0.5) is 0 Å². The monoisotopic (exact) mass is 282 g/mol. The maximum Gasteiger partial charge on any atom is 0.310 e. The van der Waals surface area contributed by atoms with Gasteiger partial charge in [-0.3, -0.25) is 4.79 Å². The van der Waals surface area contributed by atoms with Crippen molar-refractivity contribution < 1.29 is 14.3 Å². The van der Waals surface area contributed by atoms with Crippen molar-refractivity contribution in [3.63, 3.8) is 0 Å². The molecule has 0 bridgehead atoms. The molecule has 2 rings (SSSR count). The molecular weight excluding hydrogens is 264 g/mol. The van der Waals surface area contributed by atoms with Crippen LogP contribution in [-0.2, 0) is 22.6 Å². The van der Waals surface area contributed by atoms with E-state index in [1.165, 1.54) is 0 Å². The Kier molecular flexibility index (Phi) is 5.59. The molecule has 0 aliphatic rings. The first-order valence-electron chi connectivity index (χ1n) is 6.80. The van der Waals surface area contributed by atoms with E-state index in [0.29, 0.717) is 6.61 Å². The summed E-state index contributed by atoms with van der Waals surface area (Å²) in [6.45, 7) is 4.28. The van der Waals surface area contributed by atoms with Gasteiger partial charge in [0.2, 0.25) is 0 Å².